The minimum absolute atomic E-state index is 0.0235. The van der Waals surface area contributed by atoms with E-state index in [1.165, 1.54) is 7.11 Å². The van der Waals surface area contributed by atoms with E-state index in [1.54, 1.807) is 0 Å². The monoisotopic (exact) mass is 206 g/mol. The highest BCUT2D eigenvalue weighted by Crippen LogP contribution is 2.20. The first-order valence-corrected chi connectivity index (χ1v) is 4.30. The van der Waals surface area contributed by atoms with Crippen molar-refractivity contribution in [2.24, 2.45) is 0 Å². The Morgan fingerprint density at radius 3 is 2.71 bits per heavy atom. The van der Waals surface area contributed by atoms with Gasteiger partial charge in [0.2, 0.25) is 0 Å². The van der Waals surface area contributed by atoms with Gasteiger partial charge < -0.3 is 24.8 Å². The van der Waals surface area contributed by atoms with E-state index >= 15 is 0 Å². The topological polar surface area (TPSA) is 96.2 Å². The number of rotatable bonds is 2. The summed E-state index contributed by atoms with van der Waals surface area (Å²) in [6.45, 7) is -0.453. The summed E-state index contributed by atoms with van der Waals surface area (Å²) in [7, 11) is 1.21. The number of ether oxygens (including phenoxy) is 2. The van der Waals surface area contributed by atoms with Crippen LogP contribution in [-0.4, -0.2) is 59.4 Å². The van der Waals surface area contributed by atoms with Crippen LogP contribution in [0.25, 0.3) is 0 Å². The molecule has 82 valence electrons. The van der Waals surface area contributed by atoms with Crippen LogP contribution in [0, 0.1) is 0 Å². The number of methoxy groups -OCH3 is 1. The van der Waals surface area contributed by atoms with Crippen LogP contribution < -0.4 is 0 Å². The van der Waals surface area contributed by atoms with Gasteiger partial charge >= 0.3 is 5.97 Å². The van der Waals surface area contributed by atoms with Crippen molar-refractivity contribution in [2.75, 3.05) is 13.7 Å². The Balaban J connectivity index is 2.62. The summed E-state index contributed by atoms with van der Waals surface area (Å²) < 4.78 is 9.46. The number of esters is 1. The average Bonchev–Trinajstić information content (AvgIpc) is 2.20. The van der Waals surface area contributed by atoms with Crippen LogP contribution in [-0.2, 0) is 14.3 Å². The molecule has 14 heavy (non-hydrogen) atoms. The van der Waals surface area contributed by atoms with Gasteiger partial charge in [-0.15, -0.1) is 0 Å². The molecule has 0 unspecified atom stereocenters. The van der Waals surface area contributed by atoms with Gasteiger partial charge in [-0.3, -0.25) is 0 Å². The van der Waals surface area contributed by atoms with Crippen LogP contribution in [0.4, 0.5) is 0 Å². The van der Waals surface area contributed by atoms with Gasteiger partial charge in [-0.05, 0) is 0 Å². The van der Waals surface area contributed by atoms with E-state index in [0.29, 0.717) is 0 Å². The molecule has 1 fully saturated rings. The van der Waals surface area contributed by atoms with E-state index in [0.717, 1.165) is 0 Å². The smallest absolute Gasteiger partial charge is 0.335 e. The lowest BCUT2D eigenvalue weighted by atomic mass is 9.98. The predicted octanol–water partition coefficient (Wildman–Crippen LogP) is -1.97. The van der Waals surface area contributed by atoms with Crippen molar-refractivity contribution in [3.05, 3.63) is 0 Å². The van der Waals surface area contributed by atoms with Crippen LogP contribution in [0.15, 0.2) is 0 Å². The van der Waals surface area contributed by atoms with E-state index < -0.39 is 37.0 Å². The fraction of sp³-hybridized carbons (Fsp3) is 0.875. The molecule has 1 aliphatic rings. The van der Waals surface area contributed by atoms with Crippen molar-refractivity contribution in [1.29, 1.82) is 0 Å². The number of hydrogen-bond donors (Lipinski definition) is 3. The summed E-state index contributed by atoms with van der Waals surface area (Å²) >= 11 is 0. The Morgan fingerprint density at radius 1 is 1.57 bits per heavy atom. The first-order chi connectivity index (χ1) is 6.60. The minimum atomic E-state index is -1.17. The first kappa shape index (κ1) is 11.4. The average molecular weight is 206 g/mol. The highest BCUT2D eigenvalue weighted by atomic mass is 16.6. The number of carbonyl (C=O) groups excluding carboxylic acids is 1. The molecular weight excluding hydrogens is 192 g/mol. The minimum Gasteiger partial charge on any atom is -0.467 e. The Kier molecular flexibility index (Phi) is 3.82. The Hall–Kier alpha value is -0.690. The van der Waals surface area contributed by atoms with Crippen molar-refractivity contribution in [3.8, 4) is 0 Å². The molecule has 0 amide bonds. The number of carbonyl (C=O) groups is 1. The Labute approximate surface area is 81.1 Å². The lowest BCUT2D eigenvalue weighted by molar-refractivity contribution is -0.197. The van der Waals surface area contributed by atoms with Gasteiger partial charge in [0.15, 0.2) is 6.10 Å². The number of aliphatic hydroxyl groups excluding tert-OH is 3. The predicted molar refractivity (Wildman–Crippen MR) is 44.4 cm³/mol. The van der Waals surface area contributed by atoms with E-state index in [2.05, 4.69) is 4.74 Å². The summed E-state index contributed by atoms with van der Waals surface area (Å²) in [6.07, 6.45) is -4.13. The molecule has 0 bridgehead atoms. The highest BCUT2D eigenvalue weighted by molar-refractivity contribution is 5.74. The third-order valence-electron chi connectivity index (χ3n) is 2.21. The standard InChI is InChI=1S/C8H14O6/c1-13-8(12)5-2-4(10)7(11)6(3-9)14-5/h4-7,9-11H,2-3H2,1H3/t4-,5-,6-,7-/m1/s1. The molecule has 0 radical (unpaired) electrons. The van der Waals surface area contributed by atoms with Gasteiger partial charge in [-0.1, -0.05) is 0 Å². The SMILES string of the molecule is COC(=O)[C@H]1C[C@@H](O)[C@@H](O)[C@@H](CO)O1. The molecule has 1 saturated heterocycles. The van der Waals surface area contributed by atoms with Crippen LogP contribution in [0.5, 0.6) is 0 Å². The maximum absolute atomic E-state index is 11.1. The quantitative estimate of drug-likeness (QED) is 0.454. The summed E-state index contributed by atoms with van der Waals surface area (Å²) in [5.74, 6) is -0.616. The maximum atomic E-state index is 11.1. The maximum Gasteiger partial charge on any atom is 0.335 e. The van der Waals surface area contributed by atoms with Gasteiger partial charge in [0, 0.05) is 6.42 Å². The molecule has 4 atom stereocenters. The van der Waals surface area contributed by atoms with Gasteiger partial charge in [0.1, 0.15) is 12.2 Å². The van der Waals surface area contributed by atoms with E-state index in [9.17, 15) is 15.0 Å². The molecular formula is C8H14O6. The molecule has 0 aromatic heterocycles. The molecule has 0 aliphatic carbocycles. The zero-order valence-corrected chi connectivity index (χ0v) is 7.79. The zero-order chi connectivity index (χ0) is 10.7. The molecule has 0 aromatic carbocycles. The van der Waals surface area contributed by atoms with Gasteiger partial charge in [-0.2, -0.15) is 0 Å². The summed E-state index contributed by atoms with van der Waals surface area (Å²) in [5.41, 5.74) is 0. The van der Waals surface area contributed by atoms with Crippen LogP contribution in [0.3, 0.4) is 0 Å². The fourth-order valence-corrected chi connectivity index (χ4v) is 1.39. The molecule has 0 saturated carbocycles. The highest BCUT2D eigenvalue weighted by Gasteiger charge is 2.39. The van der Waals surface area contributed by atoms with Crippen molar-refractivity contribution in [3.63, 3.8) is 0 Å². The molecule has 0 aromatic rings. The molecule has 6 nitrogen and oxygen atoms in total. The second kappa shape index (κ2) is 4.70. The number of hydrogen-bond acceptors (Lipinski definition) is 6. The normalized spacial score (nSPS) is 38.0. The summed E-state index contributed by atoms with van der Waals surface area (Å²) in [5, 5.41) is 27.5. The second-order valence-electron chi connectivity index (χ2n) is 3.16. The lowest BCUT2D eigenvalue weighted by Crippen LogP contribution is -2.52. The fourth-order valence-electron chi connectivity index (χ4n) is 1.39. The molecule has 0 spiro atoms. The lowest BCUT2D eigenvalue weighted by Gasteiger charge is -2.34. The summed E-state index contributed by atoms with van der Waals surface area (Å²) in [6, 6.07) is 0. The largest absolute Gasteiger partial charge is 0.467 e. The van der Waals surface area contributed by atoms with E-state index in [-0.39, 0.29) is 6.42 Å². The molecule has 3 N–H and O–H groups in total. The van der Waals surface area contributed by atoms with Gasteiger partial charge in [0.05, 0.1) is 19.8 Å². The van der Waals surface area contributed by atoms with Crippen LogP contribution >= 0.6 is 0 Å². The Bertz CT molecular complexity index is 206. The van der Waals surface area contributed by atoms with E-state index in [4.69, 9.17) is 9.84 Å². The van der Waals surface area contributed by atoms with Gasteiger partial charge in [0.25, 0.3) is 0 Å². The molecule has 1 rings (SSSR count). The number of aliphatic hydroxyl groups is 3. The van der Waals surface area contributed by atoms with Crippen molar-refractivity contribution in [1.82, 2.24) is 0 Å². The molecule has 1 aliphatic heterocycles. The summed E-state index contributed by atoms with van der Waals surface area (Å²) in [4.78, 5) is 11.1. The Morgan fingerprint density at radius 2 is 2.21 bits per heavy atom. The zero-order valence-electron chi connectivity index (χ0n) is 7.79. The second-order valence-corrected chi connectivity index (χ2v) is 3.16. The van der Waals surface area contributed by atoms with Crippen molar-refractivity contribution >= 4 is 5.97 Å². The third kappa shape index (κ3) is 2.21. The van der Waals surface area contributed by atoms with E-state index in [1.807, 2.05) is 0 Å². The van der Waals surface area contributed by atoms with Crippen molar-refractivity contribution < 1.29 is 29.6 Å². The van der Waals surface area contributed by atoms with Gasteiger partial charge in [-0.25, -0.2) is 4.79 Å². The molecule has 6 heteroatoms. The molecule has 1 heterocycles. The first-order valence-electron chi connectivity index (χ1n) is 4.30. The van der Waals surface area contributed by atoms with Crippen LogP contribution in [0.1, 0.15) is 6.42 Å². The van der Waals surface area contributed by atoms with Crippen molar-refractivity contribution in [2.45, 2.75) is 30.8 Å². The van der Waals surface area contributed by atoms with Crippen LogP contribution in [0.2, 0.25) is 0 Å². The third-order valence-corrected chi connectivity index (χ3v) is 2.21.